The van der Waals surface area contributed by atoms with Crippen molar-refractivity contribution >= 4 is 34.7 Å². The van der Waals surface area contributed by atoms with E-state index in [-0.39, 0.29) is 16.8 Å². The van der Waals surface area contributed by atoms with Crippen LogP contribution >= 0.6 is 12.2 Å². The van der Waals surface area contributed by atoms with Crippen molar-refractivity contribution in [3.8, 4) is 5.75 Å². The largest absolute Gasteiger partial charge is 0.423 e. The molecule has 0 aromatic heterocycles. The fraction of sp³-hybridized carbons (Fsp3) is 0.200. The van der Waals surface area contributed by atoms with Crippen LogP contribution in [0.15, 0.2) is 60.3 Å². The molecule has 7 nitrogen and oxygen atoms in total. The standard InChI is InChI=1S/C20H19N3O4S/c1-13-12-20(2,3)21-19(28)22(13)16-5-4-6-17(11-16)27-18(24)14-7-9-15(10-8-14)23(25)26/h4-12H,1-3H3,(H,21,28). The van der Waals surface area contributed by atoms with Gasteiger partial charge < -0.3 is 10.1 Å². The van der Waals surface area contributed by atoms with E-state index in [1.54, 1.807) is 18.2 Å². The first kappa shape index (κ1) is 19.5. The maximum atomic E-state index is 12.3. The van der Waals surface area contributed by atoms with Gasteiger partial charge in [-0.2, -0.15) is 0 Å². The molecular formula is C20H19N3O4S. The summed E-state index contributed by atoms with van der Waals surface area (Å²) in [5.74, 6) is -0.249. The average molecular weight is 397 g/mol. The highest BCUT2D eigenvalue weighted by Gasteiger charge is 2.27. The Morgan fingerprint density at radius 3 is 2.50 bits per heavy atom. The molecule has 2 aromatic carbocycles. The van der Waals surface area contributed by atoms with Crippen LogP contribution < -0.4 is 15.0 Å². The summed E-state index contributed by atoms with van der Waals surface area (Å²) >= 11 is 5.49. The second-order valence-electron chi connectivity index (χ2n) is 6.96. The second-order valence-corrected chi connectivity index (χ2v) is 7.35. The van der Waals surface area contributed by atoms with Crippen molar-refractivity contribution in [2.75, 3.05) is 4.90 Å². The van der Waals surface area contributed by atoms with Gasteiger partial charge in [-0.3, -0.25) is 15.0 Å². The van der Waals surface area contributed by atoms with Crippen LogP contribution in [0.2, 0.25) is 0 Å². The first-order valence-electron chi connectivity index (χ1n) is 8.55. The third-order valence-corrected chi connectivity index (χ3v) is 4.44. The molecule has 0 spiro atoms. The number of anilines is 1. The van der Waals surface area contributed by atoms with Gasteiger partial charge in [0, 0.05) is 23.9 Å². The molecule has 1 N–H and O–H groups in total. The van der Waals surface area contributed by atoms with E-state index >= 15 is 0 Å². The van der Waals surface area contributed by atoms with Gasteiger partial charge in [0.25, 0.3) is 5.69 Å². The molecule has 0 radical (unpaired) electrons. The lowest BCUT2D eigenvalue weighted by Gasteiger charge is -2.38. The van der Waals surface area contributed by atoms with Gasteiger partial charge >= 0.3 is 5.97 Å². The summed E-state index contributed by atoms with van der Waals surface area (Å²) in [4.78, 5) is 24.4. The molecule has 28 heavy (non-hydrogen) atoms. The molecule has 8 heteroatoms. The smallest absolute Gasteiger partial charge is 0.343 e. The molecule has 0 fully saturated rings. The molecule has 1 heterocycles. The Morgan fingerprint density at radius 2 is 1.89 bits per heavy atom. The zero-order valence-corrected chi connectivity index (χ0v) is 16.4. The van der Waals surface area contributed by atoms with Crippen molar-refractivity contribution in [3.63, 3.8) is 0 Å². The van der Waals surface area contributed by atoms with Crippen LogP contribution in [0.1, 0.15) is 31.1 Å². The molecule has 1 aliphatic rings. The number of esters is 1. The number of thiocarbonyl (C=S) groups is 1. The molecular weight excluding hydrogens is 378 g/mol. The number of nitro benzene ring substituents is 1. The molecule has 0 saturated carbocycles. The summed E-state index contributed by atoms with van der Waals surface area (Å²) in [7, 11) is 0. The molecule has 2 aromatic rings. The maximum absolute atomic E-state index is 12.3. The number of rotatable bonds is 4. The Labute approximate surface area is 167 Å². The van der Waals surface area contributed by atoms with E-state index in [1.807, 2.05) is 31.7 Å². The topological polar surface area (TPSA) is 84.7 Å². The van der Waals surface area contributed by atoms with Crippen molar-refractivity contribution in [2.45, 2.75) is 26.3 Å². The van der Waals surface area contributed by atoms with Gasteiger partial charge in [0.05, 0.1) is 21.7 Å². The summed E-state index contributed by atoms with van der Waals surface area (Å²) in [6, 6.07) is 12.3. The first-order chi connectivity index (χ1) is 13.2. The van der Waals surface area contributed by atoms with Crippen LogP contribution in [0, 0.1) is 10.1 Å². The SMILES string of the molecule is CC1=CC(C)(C)NC(=S)N1c1cccc(OC(=O)c2ccc([N+](=O)[O-])cc2)c1. The predicted molar refractivity (Wildman–Crippen MR) is 111 cm³/mol. The van der Waals surface area contributed by atoms with Crippen LogP contribution in [-0.2, 0) is 0 Å². The monoisotopic (exact) mass is 397 g/mol. The minimum atomic E-state index is -0.597. The summed E-state index contributed by atoms with van der Waals surface area (Å²) in [6.07, 6.45) is 2.07. The number of benzene rings is 2. The number of ether oxygens (including phenoxy) is 1. The van der Waals surface area contributed by atoms with Gasteiger partial charge in [-0.1, -0.05) is 6.07 Å². The van der Waals surface area contributed by atoms with Crippen LogP contribution in [-0.4, -0.2) is 21.5 Å². The van der Waals surface area contributed by atoms with Gasteiger partial charge in [-0.15, -0.1) is 0 Å². The minimum absolute atomic E-state index is 0.0881. The number of nitrogens with zero attached hydrogens (tertiary/aromatic N) is 2. The van der Waals surface area contributed by atoms with Crippen LogP contribution in [0.4, 0.5) is 11.4 Å². The normalized spacial score (nSPS) is 15.5. The summed E-state index contributed by atoms with van der Waals surface area (Å²) in [6.45, 7) is 6.02. The number of carbonyl (C=O) groups excluding carboxylic acids is 1. The molecule has 0 bridgehead atoms. The molecule has 144 valence electrons. The highest BCUT2D eigenvalue weighted by molar-refractivity contribution is 7.80. The van der Waals surface area contributed by atoms with Gasteiger partial charge in [0.15, 0.2) is 5.11 Å². The molecule has 0 unspecified atom stereocenters. The fourth-order valence-corrected chi connectivity index (χ4v) is 3.52. The van der Waals surface area contributed by atoms with Gasteiger partial charge in [-0.25, -0.2) is 4.79 Å². The van der Waals surface area contributed by atoms with E-state index in [0.717, 1.165) is 11.4 Å². The number of hydrogen-bond donors (Lipinski definition) is 1. The van der Waals surface area contributed by atoms with Crippen molar-refractivity contribution in [1.82, 2.24) is 5.32 Å². The summed E-state index contributed by atoms with van der Waals surface area (Å²) in [5.41, 5.74) is 1.62. The van der Waals surface area contributed by atoms with E-state index in [1.165, 1.54) is 24.3 Å². The molecule has 0 atom stereocenters. The number of non-ortho nitro benzene ring substituents is 1. The van der Waals surface area contributed by atoms with Crippen LogP contribution in [0.25, 0.3) is 0 Å². The minimum Gasteiger partial charge on any atom is -0.423 e. The Morgan fingerprint density at radius 1 is 1.21 bits per heavy atom. The average Bonchev–Trinajstić information content (AvgIpc) is 2.60. The number of carbonyl (C=O) groups is 1. The Kier molecular flexibility index (Phi) is 5.15. The fourth-order valence-electron chi connectivity index (χ4n) is 3.01. The van der Waals surface area contributed by atoms with E-state index < -0.39 is 10.9 Å². The third kappa shape index (κ3) is 4.17. The van der Waals surface area contributed by atoms with Crippen molar-refractivity contribution < 1.29 is 14.5 Å². The number of allylic oxidation sites excluding steroid dienone is 1. The number of hydrogen-bond acceptors (Lipinski definition) is 5. The third-order valence-electron chi connectivity index (χ3n) is 4.15. The van der Waals surface area contributed by atoms with Crippen molar-refractivity contribution in [2.24, 2.45) is 0 Å². The van der Waals surface area contributed by atoms with Crippen molar-refractivity contribution in [3.05, 3.63) is 76.0 Å². The Bertz CT molecular complexity index is 983. The number of nitrogens with one attached hydrogen (secondary N) is 1. The molecule has 0 aliphatic carbocycles. The lowest BCUT2D eigenvalue weighted by Crippen LogP contribution is -2.53. The van der Waals surface area contributed by atoms with E-state index in [9.17, 15) is 14.9 Å². The lowest BCUT2D eigenvalue weighted by molar-refractivity contribution is -0.384. The van der Waals surface area contributed by atoms with Crippen molar-refractivity contribution in [1.29, 1.82) is 0 Å². The van der Waals surface area contributed by atoms with Gasteiger partial charge in [0.2, 0.25) is 0 Å². The van der Waals surface area contributed by atoms with Crippen LogP contribution in [0.5, 0.6) is 5.75 Å². The molecule has 0 amide bonds. The van der Waals surface area contributed by atoms with Gasteiger partial charge in [-0.05, 0) is 63.3 Å². The Balaban J connectivity index is 1.81. The van der Waals surface area contributed by atoms with E-state index in [4.69, 9.17) is 17.0 Å². The van der Waals surface area contributed by atoms with Gasteiger partial charge in [0.1, 0.15) is 5.75 Å². The summed E-state index contributed by atoms with van der Waals surface area (Å²) in [5, 5.41) is 14.5. The second kappa shape index (κ2) is 7.40. The number of nitro groups is 1. The highest BCUT2D eigenvalue weighted by atomic mass is 32.1. The Hall–Kier alpha value is -3.26. The maximum Gasteiger partial charge on any atom is 0.343 e. The van der Waals surface area contributed by atoms with E-state index in [2.05, 4.69) is 11.4 Å². The molecule has 0 saturated heterocycles. The molecule has 3 rings (SSSR count). The van der Waals surface area contributed by atoms with E-state index in [0.29, 0.717) is 10.9 Å². The quantitative estimate of drug-likeness (QED) is 0.272. The summed E-state index contributed by atoms with van der Waals surface area (Å²) < 4.78 is 5.43. The van der Waals surface area contributed by atoms with Crippen LogP contribution in [0.3, 0.4) is 0 Å². The lowest BCUT2D eigenvalue weighted by atomic mass is 10.0. The zero-order chi connectivity index (χ0) is 20.5. The zero-order valence-electron chi connectivity index (χ0n) is 15.6. The first-order valence-corrected chi connectivity index (χ1v) is 8.95. The molecule has 1 aliphatic heterocycles. The predicted octanol–water partition coefficient (Wildman–Crippen LogP) is 4.19. The highest BCUT2D eigenvalue weighted by Crippen LogP contribution is 2.29.